The van der Waals surface area contributed by atoms with Crippen molar-refractivity contribution < 1.29 is 0 Å². The first-order valence-electron chi connectivity index (χ1n) is 1.47. The molecule has 32 valence electrons. The fourth-order valence-corrected chi connectivity index (χ4v) is 0.372. The molecule has 0 bridgehead atoms. The Morgan fingerprint density at radius 3 is 2.17 bits per heavy atom. The first-order valence-corrected chi connectivity index (χ1v) is 2.93. The van der Waals surface area contributed by atoms with Crippen molar-refractivity contribution >= 4 is 38.1 Å². The summed E-state index contributed by atoms with van der Waals surface area (Å²) in [6.07, 6.45) is 3.62. The molecule has 0 unspecified atom stereocenters. The molecular formula is C4H4SSe. The maximum atomic E-state index is 4.47. The van der Waals surface area contributed by atoms with Gasteiger partial charge in [0.15, 0.2) is 0 Å². The molecule has 6 heavy (non-hydrogen) atoms. The minimum absolute atomic E-state index is 1.56. The van der Waals surface area contributed by atoms with E-state index in [9.17, 15) is 0 Å². The topological polar surface area (TPSA) is 0 Å². The third-order valence-corrected chi connectivity index (χ3v) is 0.755. The van der Waals surface area contributed by atoms with Crippen LogP contribution < -0.4 is 0 Å². The molecule has 0 aliphatic heterocycles. The van der Waals surface area contributed by atoms with E-state index in [1.807, 2.05) is 11.0 Å². The Morgan fingerprint density at radius 1 is 1.33 bits per heavy atom. The summed E-state index contributed by atoms with van der Waals surface area (Å²) in [5.41, 5.74) is 0. The molecule has 0 N–H and O–H groups in total. The van der Waals surface area contributed by atoms with Crippen LogP contribution in [0.3, 0.4) is 0 Å². The van der Waals surface area contributed by atoms with Crippen LogP contribution in [-0.4, -0.2) is 25.9 Å². The molecule has 0 saturated carbocycles. The summed E-state index contributed by atoms with van der Waals surface area (Å²) in [5.74, 6) is 0. The quantitative estimate of drug-likeness (QED) is 0.325. The van der Waals surface area contributed by atoms with Crippen molar-refractivity contribution in [2.75, 3.05) is 0 Å². The summed E-state index contributed by atoms with van der Waals surface area (Å²) in [5, 5.41) is 1.56. The Hall–Kier alpha value is 0.219. The fourth-order valence-electron chi connectivity index (χ4n) is 0.0907. The van der Waals surface area contributed by atoms with Gasteiger partial charge in [-0.05, 0) is 0 Å². The van der Waals surface area contributed by atoms with Gasteiger partial charge in [0.2, 0.25) is 0 Å². The number of hydrogen-bond acceptors (Lipinski definition) is 1. The van der Waals surface area contributed by atoms with Crippen LogP contribution in [0.25, 0.3) is 0 Å². The summed E-state index contributed by atoms with van der Waals surface area (Å²) in [6, 6.07) is 0. The second-order valence-electron chi connectivity index (χ2n) is 0.657. The van der Waals surface area contributed by atoms with Crippen molar-refractivity contribution in [3.05, 3.63) is 12.2 Å². The number of hydrogen-bond donors (Lipinski definition) is 0. The summed E-state index contributed by atoms with van der Waals surface area (Å²) in [4.78, 5) is 1.81. The molecule has 0 amide bonds. The van der Waals surface area contributed by atoms with Crippen LogP contribution in [0.1, 0.15) is 0 Å². The third-order valence-electron chi connectivity index (χ3n) is 0.268. The van der Waals surface area contributed by atoms with Gasteiger partial charge in [-0.3, -0.25) is 0 Å². The van der Waals surface area contributed by atoms with Crippen molar-refractivity contribution in [2.45, 2.75) is 0 Å². The average molecular weight is 163 g/mol. The van der Waals surface area contributed by atoms with Crippen LogP contribution in [0.4, 0.5) is 0 Å². The second kappa shape index (κ2) is 5.22. The van der Waals surface area contributed by atoms with Crippen LogP contribution in [0.5, 0.6) is 0 Å². The maximum absolute atomic E-state index is 4.47. The first kappa shape index (κ1) is 6.22. The monoisotopic (exact) mass is 164 g/mol. The molecule has 2 heteroatoms. The van der Waals surface area contributed by atoms with Crippen LogP contribution in [-0.2, 0) is 0 Å². The van der Waals surface area contributed by atoms with E-state index in [1.165, 1.54) is 0 Å². The van der Waals surface area contributed by atoms with Crippen molar-refractivity contribution in [3.63, 3.8) is 0 Å². The normalized spacial score (nSPS) is 8.67. The zero-order valence-electron chi connectivity index (χ0n) is 3.13. The number of thiocarbonyl (C=S) groups is 1. The van der Waals surface area contributed by atoms with E-state index in [4.69, 9.17) is 0 Å². The first-order chi connectivity index (χ1) is 2.91. The predicted octanol–water partition coefficient (Wildman–Crippen LogP) is 0.513. The van der Waals surface area contributed by atoms with Gasteiger partial charge in [0, 0.05) is 0 Å². The van der Waals surface area contributed by atoms with E-state index >= 15 is 0 Å². The van der Waals surface area contributed by atoms with Crippen molar-refractivity contribution in [2.24, 2.45) is 0 Å². The molecule has 0 atom stereocenters. The van der Waals surface area contributed by atoms with Gasteiger partial charge >= 0.3 is 50.2 Å². The summed E-state index contributed by atoms with van der Waals surface area (Å²) in [6.45, 7) is 0. The van der Waals surface area contributed by atoms with E-state index in [1.54, 1.807) is 11.4 Å². The predicted molar refractivity (Wildman–Crippen MR) is 34.6 cm³/mol. The Labute approximate surface area is 50.6 Å². The zero-order chi connectivity index (χ0) is 4.83. The van der Waals surface area contributed by atoms with E-state index in [0.29, 0.717) is 0 Å². The Morgan fingerprint density at radius 2 is 2.00 bits per heavy atom. The molecule has 0 radical (unpaired) electrons. The van der Waals surface area contributed by atoms with Crippen molar-refractivity contribution in [3.8, 4) is 0 Å². The van der Waals surface area contributed by atoms with Crippen LogP contribution in [0.15, 0.2) is 12.2 Å². The molecule has 0 aliphatic carbocycles. The summed E-state index contributed by atoms with van der Waals surface area (Å²) < 4.78 is 0. The summed E-state index contributed by atoms with van der Waals surface area (Å²) in [7, 11) is 0. The van der Waals surface area contributed by atoms with E-state index in [0.717, 1.165) is 0 Å². The molecule has 0 nitrogen and oxygen atoms in total. The van der Waals surface area contributed by atoms with Gasteiger partial charge in [-0.25, -0.2) is 0 Å². The molecule has 0 spiro atoms. The standard InChI is InChI=1S/C4H4SSe/c5-3-1-2-4-6/h1-4H/b2-1-. The Bertz CT molecular complexity index is 65.6. The summed E-state index contributed by atoms with van der Waals surface area (Å²) >= 11 is 7.17. The molecule has 0 fully saturated rings. The molecule has 0 aliphatic rings. The Kier molecular flexibility index (Phi) is 5.41. The Balaban J connectivity index is 3.17. The molecule has 0 aromatic heterocycles. The van der Waals surface area contributed by atoms with Crippen molar-refractivity contribution in [1.82, 2.24) is 0 Å². The van der Waals surface area contributed by atoms with Gasteiger partial charge in [-0.2, -0.15) is 0 Å². The molecule has 0 aromatic rings. The van der Waals surface area contributed by atoms with Gasteiger partial charge in [0.1, 0.15) is 0 Å². The zero-order valence-corrected chi connectivity index (χ0v) is 5.66. The number of rotatable bonds is 2. The van der Waals surface area contributed by atoms with E-state index < -0.39 is 0 Å². The molecule has 0 aromatic carbocycles. The number of allylic oxidation sites excluding steroid dienone is 2. The van der Waals surface area contributed by atoms with Gasteiger partial charge < -0.3 is 0 Å². The van der Waals surface area contributed by atoms with Crippen molar-refractivity contribution in [1.29, 1.82) is 0 Å². The fraction of sp³-hybridized carbons (Fsp3) is 0. The molecule has 0 rings (SSSR count). The van der Waals surface area contributed by atoms with Gasteiger partial charge in [0.05, 0.1) is 0 Å². The van der Waals surface area contributed by atoms with E-state index in [2.05, 4.69) is 27.8 Å². The second-order valence-corrected chi connectivity index (χ2v) is 1.50. The van der Waals surface area contributed by atoms with Gasteiger partial charge in [0.25, 0.3) is 0 Å². The minimum atomic E-state index is 1.56. The van der Waals surface area contributed by atoms with Crippen LogP contribution >= 0.6 is 12.2 Å². The van der Waals surface area contributed by atoms with E-state index in [-0.39, 0.29) is 0 Å². The average Bonchev–Trinajstić information content (AvgIpc) is 1.61. The molecule has 0 heterocycles. The molecular weight excluding hydrogens is 159 g/mol. The van der Waals surface area contributed by atoms with Gasteiger partial charge in [-0.1, -0.05) is 0 Å². The van der Waals surface area contributed by atoms with Gasteiger partial charge in [-0.15, -0.1) is 0 Å². The SMILES string of the molecule is S=C/C=C\C=[Se]. The third kappa shape index (κ3) is 4.22. The van der Waals surface area contributed by atoms with Crippen LogP contribution in [0, 0.1) is 0 Å². The van der Waals surface area contributed by atoms with Crippen LogP contribution in [0.2, 0.25) is 0 Å². The molecule has 0 saturated heterocycles.